The molecule has 0 saturated carbocycles. The molecule has 1 aliphatic carbocycles. The van der Waals surface area contributed by atoms with Gasteiger partial charge in [0.05, 0.1) is 5.92 Å². The van der Waals surface area contributed by atoms with E-state index in [-0.39, 0.29) is 11.9 Å². The van der Waals surface area contributed by atoms with Crippen molar-refractivity contribution in [3.05, 3.63) is 29.3 Å². The molecule has 3 heteroatoms. The fourth-order valence-corrected chi connectivity index (χ4v) is 3.09. The summed E-state index contributed by atoms with van der Waals surface area (Å²) < 4.78 is 5.69. The molecule has 19 heavy (non-hydrogen) atoms. The summed E-state index contributed by atoms with van der Waals surface area (Å²) in [6.45, 7) is 1.85. The molecular weight excluding hydrogens is 238 g/mol. The molecule has 0 amide bonds. The maximum absolute atomic E-state index is 12.2. The minimum atomic E-state index is -0.0412. The van der Waals surface area contributed by atoms with Crippen molar-refractivity contribution in [1.82, 2.24) is 5.32 Å². The highest BCUT2D eigenvalue weighted by molar-refractivity contribution is 5.75. The summed E-state index contributed by atoms with van der Waals surface area (Å²) in [7, 11) is 0. The normalized spacial score (nSPS) is 19.8. The first-order valence-corrected chi connectivity index (χ1v) is 7.38. The molecule has 1 aliphatic heterocycles. The van der Waals surface area contributed by atoms with Crippen molar-refractivity contribution in [3.8, 4) is 5.75 Å². The maximum Gasteiger partial charge on any atom is 0.314 e. The number of carbonyl (C=O) groups is 1. The SMILES string of the molecule is O=C(Oc1cccc2c1CCCC2)C1CCNCC1. The zero-order valence-electron chi connectivity index (χ0n) is 11.3. The minimum absolute atomic E-state index is 0.0412. The highest BCUT2D eigenvalue weighted by Crippen LogP contribution is 2.30. The predicted octanol–water partition coefficient (Wildman–Crippen LogP) is 2.47. The molecule has 0 spiro atoms. The van der Waals surface area contributed by atoms with E-state index in [9.17, 15) is 4.79 Å². The number of nitrogens with one attached hydrogen (secondary N) is 1. The third-order valence-electron chi connectivity index (χ3n) is 4.24. The van der Waals surface area contributed by atoms with Crippen LogP contribution < -0.4 is 10.1 Å². The smallest absolute Gasteiger partial charge is 0.314 e. The van der Waals surface area contributed by atoms with Crippen molar-refractivity contribution in [2.24, 2.45) is 5.92 Å². The number of hydrogen-bond acceptors (Lipinski definition) is 3. The summed E-state index contributed by atoms with van der Waals surface area (Å²) in [4.78, 5) is 12.2. The lowest BCUT2D eigenvalue weighted by Gasteiger charge is -2.23. The Bertz CT molecular complexity index is 464. The Hall–Kier alpha value is -1.35. The van der Waals surface area contributed by atoms with Crippen LogP contribution in [0.2, 0.25) is 0 Å². The van der Waals surface area contributed by atoms with Gasteiger partial charge in [-0.1, -0.05) is 12.1 Å². The van der Waals surface area contributed by atoms with Crippen LogP contribution in [0.1, 0.15) is 36.8 Å². The Balaban J connectivity index is 1.74. The summed E-state index contributed by atoms with van der Waals surface area (Å²) in [5, 5.41) is 3.28. The number of ether oxygens (including phenoxy) is 1. The molecular formula is C16H21NO2. The highest BCUT2D eigenvalue weighted by Gasteiger charge is 2.24. The first kappa shape index (κ1) is 12.7. The van der Waals surface area contributed by atoms with Gasteiger partial charge in [0.1, 0.15) is 5.75 Å². The lowest BCUT2D eigenvalue weighted by Crippen LogP contribution is -2.34. The lowest BCUT2D eigenvalue weighted by molar-refractivity contribution is -0.139. The molecule has 1 aromatic rings. The highest BCUT2D eigenvalue weighted by atomic mass is 16.5. The molecule has 0 unspecified atom stereocenters. The van der Waals surface area contributed by atoms with Crippen LogP contribution in [-0.4, -0.2) is 19.1 Å². The van der Waals surface area contributed by atoms with Crippen LogP contribution in [0.5, 0.6) is 5.75 Å². The monoisotopic (exact) mass is 259 g/mol. The molecule has 0 bridgehead atoms. The van der Waals surface area contributed by atoms with Crippen molar-refractivity contribution in [2.45, 2.75) is 38.5 Å². The fourth-order valence-electron chi connectivity index (χ4n) is 3.09. The van der Waals surface area contributed by atoms with Gasteiger partial charge in [-0.25, -0.2) is 0 Å². The second-order valence-corrected chi connectivity index (χ2v) is 5.55. The van der Waals surface area contributed by atoms with Crippen LogP contribution in [0.15, 0.2) is 18.2 Å². The van der Waals surface area contributed by atoms with Gasteiger partial charge in [-0.3, -0.25) is 4.79 Å². The van der Waals surface area contributed by atoms with Gasteiger partial charge in [0.25, 0.3) is 0 Å². The summed E-state index contributed by atoms with van der Waals surface area (Å²) in [5.74, 6) is 0.835. The Morgan fingerprint density at radius 3 is 2.79 bits per heavy atom. The molecule has 0 radical (unpaired) electrons. The van der Waals surface area contributed by atoms with E-state index >= 15 is 0 Å². The largest absolute Gasteiger partial charge is 0.426 e. The van der Waals surface area contributed by atoms with Crippen LogP contribution in [0.4, 0.5) is 0 Å². The van der Waals surface area contributed by atoms with Crippen LogP contribution >= 0.6 is 0 Å². The number of fused-ring (bicyclic) bond motifs is 1. The number of esters is 1. The molecule has 2 aliphatic rings. The molecule has 1 fully saturated rings. The van der Waals surface area contributed by atoms with Gasteiger partial charge in [-0.05, 0) is 68.8 Å². The van der Waals surface area contributed by atoms with E-state index in [1.54, 1.807) is 0 Å². The van der Waals surface area contributed by atoms with Crippen molar-refractivity contribution >= 4 is 5.97 Å². The van der Waals surface area contributed by atoms with Crippen molar-refractivity contribution < 1.29 is 9.53 Å². The molecule has 102 valence electrons. The summed E-state index contributed by atoms with van der Waals surface area (Å²) in [6, 6.07) is 6.12. The third kappa shape index (κ3) is 2.81. The average molecular weight is 259 g/mol. The molecule has 1 saturated heterocycles. The van der Waals surface area contributed by atoms with Gasteiger partial charge in [0.15, 0.2) is 0 Å². The predicted molar refractivity (Wildman–Crippen MR) is 74.3 cm³/mol. The van der Waals surface area contributed by atoms with Crippen molar-refractivity contribution in [2.75, 3.05) is 13.1 Å². The van der Waals surface area contributed by atoms with E-state index in [0.29, 0.717) is 0 Å². The van der Waals surface area contributed by atoms with E-state index in [1.807, 2.05) is 12.1 Å². The van der Waals surface area contributed by atoms with Gasteiger partial charge >= 0.3 is 5.97 Å². The Kier molecular flexibility index (Phi) is 3.83. The topological polar surface area (TPSA) is 38.3 Å². The lowest BCUT2D eigenvalue weighted by atomic mass is 9.91. The van der Waals surface area contributed by atoms with Gasteiger partial charge in [0, 0.05) is 0 Å². The van der Waals surface area contributed by atoms with Gasteiger partial charge in [0.2, 0.25) is 0 Å². The van der Waals surface area contributed by atoms with Crippen LogP contribution in [0.3, 0.4) is 0 Å². The molecule has 3 nitrogen and oxygen atoms in total. The molecule has 1 N–H and O–H groups in total. The zero-order chi connectivity index (χ0) is 13.1. The zero-order valence-corrected chi connectivity index (χ0v) is 11.3. The number of carbonyl (C=O) groups excluding carboxylic acids is 1. The standard InChI is InChI=1S/C16H21NO2/c18-16(13-8-10-17-11-9-13)19-15-7-3-5-12-4-1-2-6-14(12)15/h3,5,7,13,17H,1-2,4,6,8-11H2. The Labute approximate surface area is 114 Å². The van der Waals surface area contributed by atoms with E-state index in [1.165, 1.54) is 24.0 Å². The third-order valence-corrected chi connectivity index (χ3v) is 4.24. The Morgan fingerprint density at radius 1 is 1.16 bits per heavy atom. The maximum atomic E-state index is 12.2. The number of benzene rings is 1. The molecule has 1 aromatic carbocycles. The van der Waals surface area contributed by atoms with Crippen molar-refractivity contribution in [1.29, 1.82) is 0 Å². The summed E-state index contributed by atoms with van der Waals surface area (Å²) in [6.07, 6.45) is 6.41. The number of hydrogen-bond donors (Lipinski definition) is 1. The summed E-state index contributed by atoms with van der Waals surface area (Å²) >= 11 is 0. The Morgan fingerprint density at radius 2 is 1.95 bits per heavy atom. The van der Waals surface area contributed by atoms with E-state index < -0.39 is 0 Å². The molecule has 0 aromatic heterocycles. The second-order valence-electron chi connectivity index (χ2n) is 5.55. The summed E-state index contributed by atoms with van der Waals surface area (Å²) in [5.41, 5.74) is 2.62. The minimum Gasteiger partial charge on any atom is -0.426 e. The van der Waals surface area contributed by atoms with Crippen LogP contribution in [-0.2, 0) is 17.6 Å². The second kappa shape index (κ2) is 5.74. The van der Waals surface area contributed by atoms with E-state index in [4.69, 9.17) is 4.74 Å². The van der Waals surface area contributed by atoms with Gasteiger partial charge in [-0.2, -0.15) is 0 Å². The first-order chi connectivity index (χ1) is 9.34. The molecule has 3 rings (SSSR count). The van der Waals surface area contributed by atoms with Crippen LogP contribution in [0, 0.1) is 5.92 Å². The van der Waals surface area contributed by atoms with Gasteiger partial charge in [-0.15, -0.1) is 0 Å². The fraction of sp³-hybridized carbons (Fsp3) is 0.562. The van der Waals surface area contributed by atoms with E-state index in [0.717, 1.165) is 44.5 Å². The van der Waals surface area contributed by atoms with Crippen molar-refractivity contribution in [3.63, 3.8) is 0 Å². The number of aryl methyl sites for hydroxylation is 1. The van der Waals surface area contributed by atoms with E-state index in [2.05, 4.69) is 11.4 Å². The number of piperidine rings is 1. The quantitative estimate of drug-likeness (QED) is 0.655. The van der Waals surface area contributed by atoms with Gasteiger partial charge < -0.3 is 10.1 Å². The first-order valence-electron chi connectivity index (χ1n) is 7.38. The molecule has 0 atom stereocenters. The van der Waals surface area contributed by atoms with Crippen LogP contribution in [0.25, 0.3) is 0 Å². The number of rotatable bonds is 2. The molecule has 1 heterocycles. The average Bonchev–Trinajstić information content (AvgIpc) is 2.48.